The van der Waals surface area contributed by atoms with Crippen molar-refractivity contribution in [3.63, 3.8) is 0 Å². The van der Waals surface area contributed by atoms with Crippen LogP contribution in [-0.4, -0.2) is 35.7 Å². The summed E-state index contributed by atoms with van der Waals surface area (Å²) in [5.74, 6) is -1.50. The van der Waals surface area contributed by atoms with Crippen molar-refractivity contribution in [1.29, 1.82) is 0 Å². The maximum absolute atomic E-state index is 11.9. The molecule has 1 rings (SSSR count). The number of rotatable bonds is 6. The quantitative estimate of drug-likeness (QED) is 0.679. The summed E-state index contributed by atoms with van der Waals surface area (Å²) in [6, 6.07) is -0.891. The standard InChI is InChI=1S/C12H19NO4/c1-3-5-9(12(15)16)13-11(14)8-6-7-17-10(8)4-2/h3,8-10H,1,4-7H2,2H3,(H,13,14)(H,15,16). The van der Waals surface area contributed by atoms with E-state index in [1.54, 1.807) is 0 Å². The summed E-state index contributed by atoms with van der Waals surface area (Å²) in [7, 11) is 0. The lowest BCUT2D eigenvalue weighted by Gasteiger charge is -2.19. The molecule has 5 heteroatoms. The summed E-state index contributed by atoms with van der Waals surface area (Å²) >= 11 is 0. The topological polar surface area (TPSA) is 75.6 Å². The van der Waals surface area contributed by atoms with Crippen molar-refractivity contribution in [2.24, 2.45) is 5.92 Å². The predicted octanol–water partition coefficient (Wildman–Crippen LogP) is 0.947. The molecule has 1 fully saturated rings. The van der Waals surface area contributed by atoms with Crippen molar-refractivity contribution in [3.8, 4) is 0 Å². The van der Waals surface area contributed by atoms with Crippen LogP contribution in [0.15, 0.2) is 12.7 Å². The Bertz CT molecular complexity index is 303. The SMILES string of the molecule is C=CCC(NC(=O)C1CCOC1CC)C(=O)O. The number of carbonyl (C=O) groups excluding carboxylic acids is 1. The van der Waals surface area contributed by atoms with Crippen LogP contribution in [0.5, 0.6) is 0 Å². The summed E-state index contributed by atoms with van der Waals surface area (Å²) < 4.78 is 5.41. The first-order chi connectivity index (χ1) is 8.10. The fraction of sp³-hybridized carbons (Fsp3) is 0.667. The summed E-state index contributed by atoms with van der Waals surface area (Å²) in [4.78, 5) is 22.8. The van der Waals surface area contributed by atoms with Gasteiger partial charge < -0.3 is 15.2 Å². The average Bonchev–Trinajstić information content (AvgIpc) is 2.76. The van der Waals surface area contributed by atoms with E-state index in [9.17, 15) is 9.59 Å². The summed E-state index contributed by atoms with van der Waals surface area (Å²) in [6.45, 7) is 6.00. The number of carboxylic acids is 1. The van der Waals surface area contributed by atoms with Crippen LogP contribution < -0.4 is 5.32 Å². The molecule has 17 heavy (non-hydrogen) atoms. The number of amides is 1. The first-order valence-electron chi connectivity index (χ1n) is 5.85. The van der Waals surface area contributed by atoms with E-state index in [-0.39, 0.29) is 24.3 Å². The molecule has 0 aliphatic carbocycles. The molecule has 0 radical (unpaired) electrons. The summed E-state index contributed by atoms with van der Waals surface area (Å²) in [5.41, 5.74) is 0. The Hall–Kier alpha value is -1.36. The van der Waals surface area contributed by atoms with Crippen LogP contribution in [0.1, 0.15) is 26.2 Å². The van der Waals surface area contributed by atoms with E-state index < -0.39 is 12.0 Å². The van der Waals surface area contributed by atoms with E-state index in [0.717, 1.165) is 6.42 Å². The van der Waals surface area contributed by atoms with Gasteiger partial charge in [0.25, 0.3) is 0 Å². The Balaban J connectivity index is 2.57. The van der Waals surface area contributed by atoms with Crippen LogP contribution in [0.3, 0.4) is 0 Å². The third kappa shape index (κ3) is 3.56. The monoisotopic (exact) mass is 241 g/mol. The van der Waals surface area contributed by atoms with Crippen LogP contribution in [0.4, 0.5) is 0 Å². The Morgan fingerprint density at radius 3 is 2.88 bits per heavy atom. The molecule has 0 aromatic rings. The van der Waals surface area contributed by atoms with Gasteiger partial charge in [0.05, 0.1) is 12.0 Å². The molecular weight excluding hydrogens is 222 g/mol. The first-order valence-corrected chi connectivity index (χ1v) is 5.85. The van der Waals surface area contributed by atoms with Gasteiger partial charge in [-0.2, -0.15) is 0 Å². The van der Waals surface area contributed by atoms with Crippen molar-refractivity contribution in [3.05, 3.63) is 12.7 Å². The molecule has 0 aromatic heterocycles. The van der Waals surface area contributed by atoms with Gasteiger partial charge in [-0.3, -0.25) is 4.79 Å². The van der Waals surface area contributed by atoms with Crippen molar-refractivity contribution >= 4 is 11.9 Å². The number of carbonyl (C=O) groups is 2. The molecule has 1 aliphatic heterocycles. The van der Waals surface area contributed by atoms with Gasteiger partial charge in [0.1, 0.15) is 6.04 Å². The second kappa shape index (κ2) is 6.39. The molecule has 3 unspecified atom stereocenters. The van der Waals surface area contributed by atoms with Crippen molar-refractivity contribution < 1.29 is 19.4 Å². The van der Waals surface area contributed by atoms with E-state index in [0.29, 0.717) is 13.0 Å². The number of nitrogens with one attached hydrogen (secondary N) is 1. The maximum Gasteiger partial charge on any atom is 0.326 e. The van der Waals surface area contributed by atoms with Crippen LogP contribution >= 0.6 is 0 Å². The number of ether oxygens (including phenoxy) is 1. The Morgan fingerprint density at radius 1 is 1.65 bits per heavy atom. The van der Waals surface area contributed by atoms with E-state index in [2.05, 4.69) is 11.9 Å². The highest BCUT2D eigenvalue weighted by molar-refractivity contribution is 5.85. The van der Waals surface area contributed by atoms with Gasteiger partial charge in [0, 0.05) is 6.61 Å². The Morgan fingerprint density at radius 2 is 2.35 bits per heavy atom. The second-order valence-electron chi connectivity index (χ2n) is 4.14. The van der Waals surface area contributed by atoms with E-state index >= 15 is 0 Å². The minimum atomic E-state index is -1.04. The van der Waals surface area contributed by atoms with Crippen LogP contribution in [0.25, 0.3) is 0 Å². The molecule has 1 amide bonds. The van der Waals surface area contributed by atoms with Gasteiger partial charge in [-0.1, -0.05) is 13.0 Å². The zero-order valence-electron chi connectivity index (χ0n) is 10.0. The van der Waals surface area contributed by atoms with E-state index in [1.807, 2.05) is 6.92 Å². The molecule has 0 bridgehead atoms. The third-order valence-electron chi connectivity index (χ3n) is 2.97. The molecule has 1 aliphatic rings. The van der Waals surface area contributed by atoms with Gasteiger partial charge in [-0.05, 0) is 19.3 Å². The minimum Gasteiger partial charge on any atom is -0.480 e. The molecule has 2 N–H and O–H groups in total. The largest absolute Gasteiger partial charge is 0.480 e. The molecule has 0 aromatic carbocycles. The molecule has 3 atom stereocenters. The number of hydrogen-bond donors (Lipinski definition) is 2. The van der Waals surface area contributed by atoms with Crippen LogP contribution in [-0.2, 0) is 14.3 Å². The molecule has 5 nitrogen and oxygen atoms in total. The highest BCUT2D eigenvalue weighted by atomic mass is 16.5. The number of hydrogen-bond acceptors (Lipinski definition) is 3. The van der Waals surface area contributed by atoms with Gasteiger partial charge in [-0.25, -0.2) is 4.79 Å². The molecule has 0 spiro atoms. The van der Waals surface area contributed by atoms with Gasteiger partial charge >= 0.3 is 5.97 Å². The molecule has 1 heterocycles. The zero-order chi connectivity index (χ0) is 12.8. The van der Waals surface area contributed by atoms with E-state index in [1.165, 1.54) is 6.08 Å². The lowest BCUT2D eigenvalue weighted by Crippen LogP contribution is -2.45. The zero-order valence-corrected chi connectivity index (χ0v) is 10.0. The smallest absolute Gasteiger partial charge is 0.326 e. The summed E-state index contributed by atoms with van der Waals surface area (Å²) in [6.07, 6.45) is 3.04. The molecular formula is C12H19NO4. The fourth-order valence-corrected chi connectivity index (χ4v) is 2.02. The van der Waals surface area contributed by atoms with Gasteiger partial charge in [-0.15, -0.1) is 6.58 Å². The maximum atomic E-state index is 11.9. The van der Waals surface area contributed by atoms with Gasteiger partial charge in [0.15, 0.2) is 0 Å². The fourth-order valence-electron chi connectivity index (χ4n) is 2.02. The number of aliphatic carboxylic acids is 1. The Labute approximate surface area is 101 Å². The summed E-state index contributed by atoms with van der Waals surface area (Å²) in [5, 5.41) is 11.5. The lowest BCUT2D eigenvalue weighted by molar-refractivity contribution is -0.142. The van der Waals surface area contributed by atoms with Crippen LogP contribution in [0, 0.1) is 5.92 Å². The van der Waals surface area contributed by atoms with Gasteiger partial charge in [0.2, 0.25) is 5.91 Å². The highest BCUT2D eigenvalue weighted by Crippen LogP contribution is 2.23. The van der Waals surface area contributed by atoms with E-state index in [4.69, 9.17) is 9.84 Å². The Kier molecular flexibility index (Phi) is 5.15. The molecule has 0 saturated carbocycles. The van der Waals surface area contributed by atoms with Crippen molar-refractivity contribution in [1.82, 2.24) is 5.32 Å². The predicted molar refractivity (Wildman–Crippen MR) is 62.5 cm³/mol. The van der Waals surface area contributed by atoms with Crippen molar-refractivity contribution in [2.45, 2.75) is 38.3 Å². The third-order valence-corrected chi connectivity index (χ3v) is 2.97. The second-order valence-corrected chi connectivity index (χ2v) is 4.14. The number of carboxylic acid groups (broad SMARTS) is 1. The first kappa shape index (κ1) is 13.7. The molecule has 96 valence electrons. The average molecular weight is 241 g/mol. The van der Waals surface area contributed by atoms with Crippen molar-refractivity contribution in [2.75, 3.05) is 6.61 Å². The minimum absolute atomic E-state index is 0.0897. The molecule has 1 saturated heterocycles. The normalized spacial score (nSPS) is 25.2. The highest BCUT2D eigenvalue weighted by Gasteiger charge is 2.34. The van der Waals surface area contributed by atoms with Crippen LogP contribution in [0.2, 0.25) is 0 Å². The lowest BCUT2D eigenvalue weighted by atomic mass is 9.98.